The topological polar surface area (TPSA) is 3.24 Å². The lowest BCUT2D eigenvalue weighted by molar-refractivity contribution is 0.332. The van der Waals surface area contributed by atoms with E-state index in [0.717, 1.165) is 17.8 Å². The molecule has 0 spiro atoms. The van der Waals surface area contributed by atoms with E-state index in [1.165, 1.54) is 110 Å². The van der Waals surface area contributed by atoms with Crippen molar-refractivity contribution in [3.05, 3.63) is 223 Å². The van der Waals surface area contributed by atoms with Crippen LogP contribution in [0, 0.1) is 0 Å². The summed E-state index contributed by atoms with van der Waals surface area (Å²) in [7, 11) is 0. The second-order valence-corrected chi connectivity index (χ2v) is 19.6. The van der Waals surface area contributed by atoms with E-state index in [0.29, 0.717) is 0 Å². The SMILES string of the molecule is CC1(C)CCC(C)(C)c2cc(N(c3ccc(-c4cc5ccccc5c5ccccc45)cc3)c3ccc(-c4ccc5ccc6ccccc6c5c4)c(-c4ccc5ccccc5c4)c3)ccc21. The molecule has 0 fully saturated rings. The van der Waals surface area contributed by atoms with E-state index in [9.17, 15) is 0 Å². The van der Waals surface area contributed by atoms with Crippen molar-refractivity contribution in [1.82, 2.24) is 0 Å². The molecule has 312 valence electrons. The van der Waals surface area contributed by atoms with Crippen molar-refractivity contribution < 1.29 is 0 Å². The van der Waals surface area contributed by atoms with Crippen LogP contribution in [0.1, 0.15) is 51.7 Å². The molecular formula is C64H51N. The van der Waals surface area contributed by atoms with Crippen LogP contribution in [-0.2, 0) is 10.8 Å². The van der Waals surface area contributed by atoms with Crippen LogP contribution in [0.5, 0.6) is 0 Å². The highest BCUT2D eigenvalue weighted by Crippen LogP contribution is 2.49. The number of rotatable bonds is 6. The van der Waals surface area contributed by atoms with Gasteiger partial charge in [0.1, 0.15) is 0 Å². The van der Waals surface area contributed by atoms with Gasteiger partial charge in [0, 0.05) is 17.1 Å². The number of fused-ring (bicyclic) bond motifs is 8. The molecule has 0 N–H and O–H groups in total. The number of anilines is 3. The van der Waals surface area contributed by atoms with Gasteiger partial charge in [0.2, 0.25) is 0 Å². The van der Waals surface area contributed by atoms with Crippen molar-refractivity contribution in [2.24, 2.45) is 0 Å². The Morgan fingerprint density at radius 3 is 1.55 bits per heavy atom. The summed E-state index contributed by atoms with van der Waals surface area (Å²) < 4.78 is 0. The fourth-order valence-corrected chi connectivity index (χ4v) is 10.9. The largest absolute Gasteiger partial charge is 0.310 e. The third-order valence-electron chi connectivity index (χ3n) is 14.7. The van der Waals surface area contributed by atoms with Gasteiger partial charge in [-0.15, -0.1) is 0 Å². The van der Waals surface area contributed by atoms with Crippen LogP contribution < -0.4 is 4.90 Å². The van der Waals surface area contributed by atoms with Crippen molar-refractivity contribution >= 4 is 70.9 Å². The van der Waals surface area contributed by atoms with Crippen molar-refractivity contribution in [1.29, 1.82) is 0 Å². The number of hydrogen-bond acceptors (Lipinski definition) is 1. The second-order valence-electron chi connectivity index (χ2n) is 19.6. The first-order chi connectivity index (χ1) is 31.7. The smallest absolute Gasteiger partial charge is 0.0468 e. The molecule has 11 aromatic carbocycles. The Morgan fingerprint density at radius 2 is 0.800 bits per heavy atom. The fourth-order valence-electron chi connectivity index (χ4n) is 10.9. The lowest BCUT2D eigenvalue weighted by atomic mass is 9.63. The number of benzene rings is 11. The number of nitrogens with zero attached hydrogens (tertiary/aromatic N) is 1. The minimum absolute atomic E-state index is 0.0634. The summed E-state index contributed by atoms with van der Waals surface area (Å²) in [4.78, 5) is 2.49. The van der Waals surface area contributed by atoms with Gasteiger partial charge < -0.3 is 4.90 Å². The van der Waals surface area contributed by atoms with Gasteiger partial charge >= 0.3 is 0 Å². The zero-order valence-corrected chi connectivity index (χ0v) is 37.6. The molecule has 11 aromatic rings. The summed E-state index contributed by atoms with van der Waals surface area (Å²) >= 11 is 0. The Hall–Kier alpha value is -7.48. The molecule has 0 heterocycles. The molecule has 0 unspecified atom stereocenters. The lowest BCUT2D eigenvalue weighted by Crippen LogP contribution is -2.34. The van der Waals surface area contributed by atoms with E-state index in [1.54, 1.807) is 0 Å². The van der Waals surface area contributed by atoms with Gasteiger partial charge in [-0.05, 0) is 177 Å². The first-order valence-electron chi connectivity index (χ1n) is 23.2. The number of hydrogen-bond donors (Lipinski definition) is 0. The van der Waals surface area contributed by atoms with E-state index in [-0.39, 0.29) is 10.8 Å². The van der Waals surface area contributed by atoms with Gasteiger partial charge in [-0.2, -0.15) is 0 Å². The molecule has 0 bridgehead atoms. The van der Waals surface area contributed by atoms with Crippen LogP contribution >= 0.6 is 0 Å². The highest BCUT2D eigenvalue weighted by Gasteiger charge is 2.37. The van der Waals surface area contributed by atoms with Crippen LogP contribution in [0.4, 0.5) is 17.1 Å². The predicted octanol–water partition coefficient (Wildman–Crippen LogP) is 18.3. The summed E-state index contributed by atoms with van der Waals surface area (Å²) in [5.41, 5.74) is 13.8. The normalized spacial score (nSPS) is 14.3. The molecule has 1 aliphatic rings. The van der Waals surface area contributed by atoms with Crippen molar-refractivity contribution in [2.75, 3.05) is 4.90 Å². The third-order valence-corrected chi connectivity index (χ3v) is 14.7. The fraction of sp³-hybridized carbons (Fsp3) is 0.125. The lowest BCUT2D eigenvalue weighted by Gasteiger charge is -2.42. The maximum Gasteiger partial charge on any atom is 0.0468 e. The summed E-state index contributed by atoms with van der Waals surface area (Å²) in [6.07, 6.45) is 2.34. The molecule has 1 nitrogen and oxygen atoms in total. The van der Waals surface area contributed by atoms with Gasteiger partial charge in [-0.25, -0.2) is 0 Å². The molecule has 0 radical (unpaired) electrons. The molecule has 0 atom stereocenters. The Bertz CT molecular complexity index is 3660. The molecule has 0 amide bonds. The summed E-state index contributed by atoms with van der Waals surface area (Å²) in [6.45, 7) is 9.68. The van der Waals surface area contributed by atoms with Gasteiger partial charge in [0.05, 0.1) is 0 Å². The second kappa shape index (κ2) is 15.1. The molecular weight excluding hydrogens is 783 g/mol. The molecule has 1 aliphatic carbocycles. The summed E-state index contributed by atoms with van der Waals surface area (Å²) in [5, 5.41) is 12.6. The average molecular weight is 834 g/mol. The highest BCUT2D eigenvalue weighted by atomic mass is 15.1. The molecule has 0 aromatic heterocycles. The zero-order chi connectivity index (χ0) is 43.9. The van der Waals surface area contributed by atoms with Crippen LogP contribution in [0.3, 0.4) is 0 Å². The standard InChI is InChI=1S/C64H51N/c1-63(2)35-36-64(3,4)62-41-52(32-34-61(62)63)65(50-29-27-45(28-30-50)59-38-47-16-8-10-18-54(47)56-19-11-12-20-57(56)59)51-31-33-55(60(40-51)48-25-21-42-13-5-6-15-46(42)37-48)49-26-24-44-23-22-43-14-7-9-17-53(43)58(44)39-49/h5-34,37-41H,35-36H2,1-4H3. The van der Waals surface area contributed by atoms with Gasteiger partial charge in [0.15, 0.2) is 0 Å². The third kappa shape index (κ3) is 6.69. The molecule has 0 aliphatic heterocycles. The highest BCUT2D eigenvalue weighted by molar-refractivity contribution is 6.14. The van der Waals surface area contributed by atoms with Gasteiger partial charge in [-0.1, -0.05) is 185 Å². The van der Waals surface area contributed by atoms with Gasteiger partial charge in [-0.3, -0.25) is 0 Å². The molecule has 12 rings (SSSR count). The maximum absolute atomic E-state index is 2.50. The maximum atomic E-state index is 2.50. The van der Waals surface area contributed by atoms with E-state index in [1.807, 2.05) is 0 Å². The molecule has 0 saturated heterocycles. The average Bonchev–Trinajstić information content (AvgIpc) is 3.35. The van der Waals surface area contributed by atoms with Crippen LogP contribution in [0.25, 0.3) is 87.2 Å². The van der Waals surface area contributed by atoms with Crippen LogP contribution in [0.15, 0.2) is 212 Å². The molecule has 1 heteroatoms. The Labute approximate surface area is 382 Å². The van der Waals surface area contributed by atoms with Crippen molar-refractivity contribution in [2.45, 2.75) is 51.4 Å². The predicted molar refractivity (Wildman–Crippen MR) is 280 cm³/mol. The molecule has 0 saturated carbocycles. The van der Waals surface area contributed by atoms with Crippen LogP contribution in [-0.4, -0.2) is 0 Å². The van der Waals surface area contributed by atoms with E-state index in [4.69, 9.17) is 0 Å². The summed E-state index contributed by atoms with van der Waals surface area (Å²) in [6, 6.07) is 79.5. The monoisotopic (exact) mass is 833 g/mol. The minimum Gasteiger partial charge on any atom is -0.310 e. The van der Waals surface area contributed by atoms with E-state index < -0.39 is 0 Å². The van der Waals surface area contributed by atoms with Crippen LogP contribution in [0.2, 0.25) is 0 Å². The van der Waals surface area contributed by atoms with E-state index in [2.05, 4.69) is 245 Å². The Morgan fingerprint density at radius 1 is 0.292 bits per heavy atom. The van der Waals surface area contributed by atoms with Crippen molar-refractivity contribution in [3.63, 3.8) is 0 Å². The molecule has 65 heavy (non-hydrogen) atoms. The van der Waals surface area contributed by atoms with E-state index >= 15 is 0 Å². The first-order valence-corrected chi connectivity index (χ1v) is 23.2. The summed E-state index contributed by atoms with van der Waals surface area (Å²) in [5.74, 6) is 0. The zero-order valence-electron chi connectivity index (χ0n) is 37.6. The quantitative estimate of drug-likeness (QED) is 0.151. The Balaban J connectivity index is 1.07. The minimum atomic E-state index is 0.0634. The Kier molecular flexibility index (Phi) is 9.07. The van der Waals surface area contributed by atoms with Gasteiger partial charge in [0.25, 0.3) is 0 Å². The first kappa shape index (κ1) is 39.1. The van der Waals surface area contributed by atoms with Crippen molar-refractivity contribution in [3.8, 4) is 33.4 Å².